The molecule has 0 heterocycles. The number of unbranched alkanes of at least 4 members (excludes halogenated alkanes) is 20. The van der Waals surface area contributed by atoms with Crippen molar-refractivity contribution in [3.8, 4) is 0 Å². The Bertz CT molecular complexity index is 181. The molecule has 0 nitrogen and oxygen atoms in total. The van der Waals surface area contributed by atoms with E-state index in [9.17, 15) is 0 Å². The summed E-state index contributed by atoms with van der Waals surface area (Å²) in [6.45, 7) is 4.60. The Hall–Kier alpha value is 1.48. The molecule has 0 aliphatic heterocycles. The summed E-state index contributed by atoms with van der Waals surface area (Å²) in [6.07, 6.45) is 30.9. The molecule has 0 radical (unpaired) electrons. The van der Waals surface area contributed by atoms with E-state index in [2.05, 4.69) is 13.8 Å². The first-order chi connectivity index (χ1) is 11.4. The van der Waals surface area contributed by atoms with Crippen LogP contribution in [0.5, 0.6) is 0 Å². The van der Waals surface area contributed by atoms with Crippen LogP contribution in [0.1, 0.15) is 152 Å². The molecule has 0 aromatic rings. The third-order valence-corrected chi connectivity index (χ3v) is 5.21. The Morgan fingerprint density at radius 2 is 0.417 bits per heavy atom. The van der Waals surface area contributed by atoms with Gasteiger partial charge in [0.2, 0.25) is 0 Å². The van der Waals surface area contributed by atoms with Gasteiger partial charge in [-0.25, -0.2) is 0 Å². The van der Waals surface area contributed by atoms with Gasteiger partial charge < -0.3 is 2.85 Å². The van der Waals surface area contributed by atoms with Crippen molar-refractivity contribution >= 4 is 45.5 Å². The topological polar surface area (TPSA) is 0 Å². The second-order valence-corrected chi connectivity index (χ2v) is 7.72. The normalized spacial score (nSPS) is 10.8. The molecule has 1 heteroatoms. The summed E-state index contributed by atoms with van der Waals surface area (Å²) in [7, 11) is 0. The van der Waals surface area contributed by atoms with E-state index in [4.69, 9.17) is 0 Å². The molecule has 0 spiro atoms. The van der Waals surface area contributed by atoms with Crippen LogP contribution in [0.3, 0.4) is 0 Å². The third-order valence-electron chi connectivity index (χ3n) is 5.21. The van der Waals surface area contributed by atoms with Gasteiger partial charge in [0.25, 0.3) is 0 Å². The SMILES string of the molecule is CCCCCCCCCCCCCCCCCCCCCCC.[H-].[H-].[Sr+2]. The van der Waals surface area contributed by atoms with Crippen LogP contribution in [0.25, 0.3) is 0 Å². The largest absolute Gasteiger partial charge is 2.00 e. The monoisotopic (exact) mass is 414 g/mol. The van der Waals surface area contributed by atoms with Crippen molar-refractivity contribution in [2.45, 2.75) is 149 Å². The van der Waals surface area contributed by atoms with Gasteiger partial charge in [0, 0.05) is 0 Å². The average Bonchev–Trinajstić information content (AvgIpc) is 2.57. The number of hydrogen-bond acceptors (Lipinski definition) is 0. The minimum absolute atomic E-state index is 0. The van der Waals surface area contributed by atoms with Crippen LogP contribution in [-0.4, -0.2) is 45.5 Å². The van der Waals surface area contributed by atoms with E-state index in [0.717, 1.165) is 0 Å². The van der Waals surface area contributed by atoms with Gasteiger partial charge in [-0.1, -0.05) is 149 Å². The second kappa shape index (κ2) is 26.7. The predicted octanol–water partition coefficient (Wildman–Crippen LogP) is 9.06. The number of hydrogen-bond donors (Lipinski definition) is 0. The molecule has 144 valence electrons. The molecule has 0 atom stereocenters. The molecule has 0 amide bonds. The molecule has 0 aromatic carbocycles. The summed E-state index contributed by atoms with van der Waals surface area (Å²) >= 11 is 0. The maximum absolute atomic E-state index is 2.30. The van der Waals surface area contributed by atoms with Crippen molar-refractivity contribution < 1.29 is 2.85 Å². The third kappa shape index (κ3) is 25.7. The first kappa shape index (κ1) is 27.7. The Kier molecular flexibility index (Phi) is 30.8. The molecule has 0 aliphatic carbocycles. The summed E-state index contributed by atoms with van der Waals surface area (Å²) in [4.78, 5) is 0. The van der Waals surface area contributed by atoms with Crippen LogP contribution < -0.4 is 0 Å². The van der Waals surface area contributed by atoms with Gasteiger partial charge in [-0.3, -0.25) is 0 Å². The smallest absolute Gasteiger partial charge is 1.00 e. The first-order valence-corrected chi connectivity index (χ1v) is 11.4. The molecule has 0 aliphatic rings. The molecular formula is C23H50Sr. The van der Waals surface area contributed by atoms with Crippen molar-refractivity contribution in [1.29, 1.82) is 0 Å². The molecular weight excluding hydrogens is 364 g/mol. The Morgan fingerprint density at radius 3 is 0.542 bits per heavy atom. The van der Waals surface area contributed by atoms with Crippen molar-refractivity contribution in [3.05, 3.63) is 0 Å². The van der Waals surface area contributed by atoms with E-state index in [1.54, 1.807) is 0 Å². The molecule has 0 fully saturated rings. The summed E-state index contributed by atoms with van der Waals surface area (Å²) in [5, 5.41) is 0. The molecule has 0 saturated carbocycles. The molecule has 0 rings (SSSR count). The standard InChI is InChI=1S/C23H48.Sr.2H/c1-3-5-7-9-11-13-15-17-19-21-23-22-20-18-16-14-12-10-8-6-4-2;;;/h3-23H2,1-2H3;;;/q;+2;2*-1. The molecule has 0 aromatic heterocycles. The van der Waals surface area contributed by atoms with Crippen LogP contribution in [0.4, 0.5) is 0 Å². The Morgan fingerprint density at radius 1 is 0.292 bits per heavy atom. The molecule has 24 heavy (non-hydrogen) atoms. The van der Waals surface area contributed by atoms with Crippen molar-refractivity contribution in [2.75, 3.05) is 0 Å². The number of rotatable bonds is 20. The maximum Gasteiger partial charge on any atom is 2.00 e. The summed E-state index contributed by atoms with van der Waals surface area (Å²) in [5.41, 5.74) is 0. The van der Waals surface area contributed by atoms with Gasteiger partial charge in [-0.2, -0.15) is 0 Å². The molecule has 0 unspecified atom stereocenters. The summed E-state index contributed by atoms with van der Waals surface area (Å²) in [6, 6.07) is 0. The van der Waals surface area contributed by atoms with Crippen LogP contribution in [0.2, 0.25) is 0 Å². The van der Waals surface area contributed by atoms with E-state index < -0.39 is 0 Å². The Labute approximate surface area is 195 Å². The first-order valence-electron chi connectivity index (χ1n) is 11.4. The Balaban J connectivity index is -0.000000807. The molecule has 0 N–H and O–H groups in total. The fraction of sp³-hybridized carbons (Fsp3) is 1.00. The van der Waals surface area contributed by atoms with Gasteiger partial charge in [-0.15, -0.1) is 0 Å². The fourth-order valence-electron chi connectivity index (χ4n) is 3.51. The van der Waals surface area contributed by atoms with E-state index in [-0.39, 0.29) is 48.3 Å². The van der Waals surface area contributed by atoms with Crippen LogP contribution in [-0.2, 0) is 0 Å². The van der Waals surface area contributed by atoms with Crippen LogP contribution in [0.15, 0.2) is 0 Å². The maximum atomic E-state index is 2.30. The zero-order chi connectivity index (χ0) is 16.8. The second-order valence-electron chi connectivity index (χ2n) is 7.72. The minimum Gasteiger partial charge on any atom is -1.00 e. The molecule has 0 bridgehead atoms. The van der Waals surface area contributed by atoms with E-state index >= 15 is 0 Å². The summed E-state index contributed by atoms with van der Waals surface area (Å²) < 4.78 is 0. The van der Waals surface area contributed by atoms with Gasteiger partial charge >= 0.3 is 45.5 Å². The van der Waals surface area contributed by atoms with Crippen LogP contribution >= 0.6 is 0 Å². The summed E-state index contributed by atoms with van der Waals surface area (Å²) in [5.74, 6) is 0. The zero-order valence-corrected chi connectivity index (χ0v) is 21.0. The van der Waals surface area contributed by atoms with Gasteiger partial charge in [0.05, 0.1) is 0 Å². The van der Waals surface area contributed by atoms with E-state index in [0.29, 0.717) is 0 Å². The molecule has 0 saturated heterocycles. The van der Waals surface area contributed by atoms with Crippen LogP contribution in [0, 0.1) is 0 Å². The van der Waals surface area contributed by atoms with Crippen molar-refractivity contribution in [2.24, 2.45) is 0 Å². The van der Waals surface area contributed by atoms with Gasteiger partial charge in [0.1, 0.15) is 0 Å². The predicted molar refractivity (Wildman–Crippen MR) is 116 cm³/mol. The van der Waals surface area contributed by atoms with E-state index in [1.165, 1.54) is 135 Å². The fourth-order valence-corrected chi connectivity index (χ4v) is 3.51. The quantitative estimate of drug-likeness (QED) is 0.138. The van der Waals surface area contributed by atoms with Gasteiger partial charge in [-0.05, 0) is 0 Å². The average molecular weight is 414 g/mol. The minimum atomic E-state index is 0. The van der Waals surface area contributed by atoms with Crippen molar-refractivity contribution in [1.82, 2.24) is 0 Å². The van der Waals surface area contributed by atoms with Crippen molar-refractivity contribution in [3.63, 3.8) is 0 Å². The zero-order valence-electron chi connectivity index (χ0n) is 19.6. The van der Waals surface area contributed by atoms with Gasteiger partial charge in [0.15, 0.2) is 0 Å². The van der Waals surface area contributed by atoms with E-state index in [1.807, 2.05) is 0 Å².